The number of benzene rings is 2. The van der Waals surface area contributed by atoms with E-state index in [1.807, 2.05) is 0 Å². The number of alkyl halides is 6. The molecule has 0 unspecified atom stereocenters. The van der Waals surface area contributed by atoms with Crippen LogP contribution in [0.3, 0.4) is 0 Å². The van der Waals surface area contributed by atoms with Gasteiger partial charge >= 0.3 is 12.4 Å². The lowest BCUT2D eigenvalue weighted by Gasteiger charge is -2.32. The van der Waals surface area contributed by atoms with Crippen LogP contribution in [0.25, 0.3) is 10.9 Å². The summed E-state index contributed by atoms with van der Waals surface area (Å²) < 4.78 is 79.7. The van der Waals surface area contributed by atoms with Crippen LogP contribution in [0.5, 0.6) is 0 Å². The van der Waals surface area contributed by atoms with Gasteiger partial charge in [0.1, 0.15) is 11.6 Å². The van der Waals surface area contributed by atoms with Crippen molar-refractivity contribution in [3.8, 4) is 0 Å². The van der Waals surface area contributed by atoms with Gasteiger partial charge in [-0.1, -0.05) is 12.1 Å². The normalized spacial score (nSPS) is 16.2. The zero-order valence-electron chi connectivity index (χ0n) is 21.9. The van der Waals surface area contributed by atoms with Crippen LogP contribution in [0.15, 0.2) is 66.4 Å². The van der Waals surface area contributed by atoms with E-state index in [9.17, 15) is 26.3 Å². The van der Waals surface area contributed by atoms with E-state index in [-0.39, 0.29) is 6.42 Å². The standard InChI is InChI=1S/C28H30F6N6/c1-39-13-15-40(16-14-39)12-10-25-37-24-18-19(17-21(3-2-11-35)28(32,33)34)4-9-23(24)26(38-25)36-22-7-5-20(6-8-22)27(29,30)31/h2-9,11,18H,10,12-17,35H2,1H3,(H,36,37,38)/b11-2-,21-3+. The Morgan fingerprint density at radius 2 is 1.68 bits per heavy atom. The average molecular weight is 565 g/mol. The van der Waals surface area contributed by atoms with Gasteiger partial charge in [0.15, 0.2) is 0 Å². The molecule has 3 N–H and O–H groups in total. The van der Waals surface area contributed by atoms with E-state index in [2.05, 4.69) is 32.1 Å². The quantitative estimate of drug-likeness (QED) is 0.271. The van der Waals surface area contributed by atoms with Crippen LogP contribution < -0.4 is 11.1 Å². The second-order valence-corrected chi connectivity index (χ2v) is 9.69. The number of fused-ring (bicyclic) bond motifs is 1. The molecule has 2 aromatic carbocycles. The molecule has 1 fully saturated rings. The van der Waals surface area contributed by atoms with E-state index in [0.717, 1.165) is 56.7 Å². The number of hydrogen-bond donors (Lipinski definition) is 2. The van der Waals surface area contributed by atoms with Crippen molar-refractivity contribution in [3.05, 3.63) is 83.3 Å². The average Bonchev–Trinajstić information content (AvgIpc) is 2.89. The Morgan fingerprint density at radius 3 is 2.30 bits per heavy atom. The number of halogens is 6. The smallest absolute Gasteiger partial charge is 0.405 e. The SMILES string of the molecule is CN1CCN(CCc2nc(Nc3ccc(C(F)(F)F)cc3)c3ccc(C/C(=C\C=C/N)C(F)(F)F)cc3n2)CC1. The minimum absolute atomic E-state index is 0.363. The Kier molecular flexibility index (Phi) is 8.99. The molecule has 40 heavy (non-hydrogen) atoms. The second kappa shape index (κ2) is 12.3. The Bertz CT molecular complexity index is 1360. The number of rotatable bonds is 8. The first-order chi connectivity index (χ1) is 18.9. The summed E-state index contributed by atoms with van der Waals surface area (Å²) >= 11 is 0. The third kappa shape index (κ3) is 7.72. The van der Waals surface area contributed by atoms with Crippen LogP contribution in [0.4, 0.5) is 37.8 Å². The van der Waals surface area contributed by atoms with Gasteiger partial charge in [0, 0.05) is 62.2 Å². The third-order valence-electron chi connectivity index (χ3n) is 6.70. The molecule has 0 saturated carbocycles. The predicted octanol–water partition coefficient (Wildman–Crippen LogP) is 5.69. The lowest BCUT2D eigenvalue weighted by Crippen LogP contribution is -2.45. The van der Waals surface area contributed by atoms with Crippen molar-refractivity contribution in [1.82, 2.24) is 19.8 Å². The number of nitrogens with two attached hydrogens (primary N) is 1. The third-order valence-corrected chi connectivity index (χ3v) is 6.70. The molecular weight excluding hydrogens is 534 g/mol. The molecule has 3 aromatic rings. The Balaban J connectivity index is 1.66. The number of aromatic nitrogens is 2. The summed E-state index contributed by atoms with van der Waals surface area (Å²) in [6, 6.07) is 9.31. The van der Waals surface area contributed by atoms with E-state index in [4.69, 9.17) is 5.73 Å². The van der Waals surface area contributed by atoms with Crippen LogP contribution in [0.2, 0.25) is 0 Å². The summed E-state index contributed by atoms with van der Waals surface area (Å²) in [7, 11) is 2.06. The van der Waals surface area contributed by atoms with E-state index in [0.29, 0.717) is 46.8 Å². The van der Waals surface area contributed by atoms with Gasteiger partial charge in [-0.25, -0.2) is 9.97 Å². The number of nitrogens with one attached hydrogen (secondary N) is 1. The van der Waals surface area contributed by atoms with Crippen molar-refractivity contribution >= 4 is 22.4 Å². The molecule has 1 aliphatic rings. The van der Waals surface area contributed by atoms with Crippen molar-refractivity contribution in [1.29, 1.82) is 0 Å². The van der Waals surface area contributed by atoms with Gasteiger partial charge in [0.25, 0.3) is 0 Å². The molecule has 2 heterocycles. The first-order valence-corrected chi connectivity index (χ1v) is 12.7. The summed E-state index contributed by atoms with van der Waals surface area (Å²) in [6.45, 7) is 4.38. The summed E-state index contributed by atoms with van der Waals surface area (Å²) in [5.41, 5.74) is 4.90. The number of nitrogens with zero attached hydrogens (tertiary/aromatic N) is 4. The minimum atomic E-state index is -4.54. The van der Waals surface area contributed by atoms with Crippen molar-refractivity contribution in [3.63, 3.8) is 0 Å². The van der Waals surface area contributed by atoms with Gasteiger partial charge in [-0.2, -0.15) is 26.3 Å². The van der Waals surface area contributed by atoms with E-state index in [1.54, 1.807) is 18.2 Å². The zero-order valence-corrected chi connectivity index (χ0v) is 21.9. The predicted molar refractivity (Wildman–Crippen MR) is 143 cm³/mol. The molecule has 214 valence electrons. The largest absolute Gasteiger partial charge is 0.416 e. The number of anilines is 2. The summed E-state index contributed by atoms with van der Waals surface area (Å²) in [4.78, 5) is 13.8. The molecule has 0 atom stereocenters. The lowest BCUT2D eigenvalue weighted by atomic mass is 10.0. The maximum absolute atomic E-state index is 13.6. The first kappa shape index (κ1) is 29.3. The molecule has 1 aromatic heterocycles. The fourth-order valence-electron chi connectivity index (χ4n) is 4.39. The van der Waals surface area contributed by atoms with Crippen molar-refractivity contribution in [2.75, 3.05) is 45.1 Å². The fraction of sp³-hybridized carbons (Fsp3) is 0.357. The van der Waals surface area contributed by atoms with Crippen molar-refractivity contribution < 1.29 is 26.3 Å². The molecule has 4 rings (SSSR count). The van der Waals surface area contributed by atoms with Crippen molar-refractivity contribution in [2.45, 2.75) is 25.2 Å². The molecule has 0 bridgehead atoms. The highest BCUT2D eigenvalue weighted by Crippen LogP contribution is 2.33. The fourth-order valence-corrected chi connectivity index (χ4v) is 4.39. The van der Waals surface area contributed by atoms with E-state index >= 15 is 0 Å². The van der Waals surface area contributed by atoms with Gasteiger partial charge in [-0.15, -0.1) is 0 Å². The molecule has 6 nitrogen and oxygen atoms in total. The summed E-state index contributed by atoms with van der Waals surface area (Å²) in [5, 5.41) is 3.60. The van der Waals surface area contributed by atoms with Crippen LogP contribution >= 0.6 is 0 Å². The number of piperazine rings is 1. The second-order valence-electron chi connectivity index (χ2n) is 9.69. The van der Waals surface area contributed by atoms with Gasteiger partial charge in [-0.3, -0.25) is 0 Å². The molecule has 0 radical (unpaired) electrons. The maximum Gasteiger partial charge on any atom is 0.416 e. The Hall–Kier alpha value is -3.64. The highest BCUT2D eigenvalue weighted by molar-refractivity contribution is 5.91. The topological polar surface area (TPSA) is 70.3 Å². The van der Waals surface area contributed by atoms with Gasteiger partial charge in [-0.05, 0) is 61.3 Å². The highest BCUT2D eigenvalue weighted by Gasteiger charge is 2.33. The number of likely N-dealkylation sites (N-methyl/N-ethyl adjacent to an activating group) is 1. The molecule has 1 aliphatic heterocycles. The molecule has 0 amide bonds. The molecule has 1 saturated heterocycles. The van der Waals surface area contributed by atoms with E-state index < -0.39 is 23.5 Å². The molecule has 0 spiro atoms. The Labute approximate surface area is 228 Å². The van der Waals surface area contributed by atoms with Gasteiger partial charge < -0.3 is 20.9 Å². The molecule has 0 aliphatic carbocycles. The summed E-state index contributed by atoms with van der Waals surface area (Å²) in [6.07, 6.45) is -5.78. The van der Waals surface area contributed by atoms with Gasteiger partial charge in [0.2, 0.25) is 0 Å². The van der Waals surface area contributed by atoms with E-state index in [1.165, 1.54) is 12.1 Å². The zero-order chi connectivity index (χ0) is 28.9. The highest BCUT2D eigenvalue weighted by atomic mass is 19.4. The monoisotopic (exact) mass is 564 g/mol. The molecular formula is C28H30F6N6. The number of hydrogen-bond acceptors (Lipinski definition) is 6. The van der Waals surface area contributed by atoms with Crippen LogP contribution in [0, 0.1) is 0 Å². The van der Waals surface area contributed by atoms with Crippen molar-refractivity contribution in [2.24, 2.45) is 5.73 Å². The number of allylic oxidation sites excluding steroid dienone is 3. The lowest BCUT2D eigenvalue weighted by molar-refractivity contribution is -0.137. The molecule has 12 heteroatoms. The maximum atomic E-state index is 13.6. The minimum Gasteiger partial charge on any atom is -0.405 e. The van der Waals surface area contributed by atoms with Crippen LogP contribution in [-0.4, -0.2) is 65.7 Å². The van der Waals surface area contributed by atoms with Crippen LogP contribution in [-0.2, 0) is 19.0 Å². The van der Waals surface area contributed by atoms with Crippen LogP contribution in [0.1, 0.15) is 17.0 Å². The summed E-state index contributed by atoms with van der Waals surface area (Å²) in [5.74, 6) is 0.845. The first-order valence-electron chi connectivity index (χ1n) is 12.7. The van der Waals surface area contributed by atoms with Gasteiger partial charge in [0.05, 0.1) is 11.1 Å². The Morgan fingerprint density at radius 1 is 0.975 bits per heavy atom.